The molecule has 51 heavy (non-hydrogen) atoms. The Morgan fingerprint density at radius 3 is 1.43 bits per heavy atom. The molecular weight excluding hydrogens is 623 g/mol. The molecule has 4 aromatic heterocycles. The first-order valence-corrected chi connectivity index (χ1v) is 16.6. The van der Waals surface area contributed by atoms with Crippen LogP contribution in [0.2, 0.25) is 0 Å². The molecule has 11 rings (SSSR count). The highest BCUT2D eigenvalue weighted by Crippen LogP contribution is 2.38. The molecule has 0 bridgehead atoms. The summed E-state index contributed by atoms with van der Waals surface area (Å²) >= 11 is 0. The van der Waals surface area contributed by atoms with E-state index in [1.807, 2.05) is 124 Å². The zero-order chi connectivity index (χ0) is 40.4. The summed E-state index contributed by atoms with van der Waals surface area (Å²) in [6.45, 7) is 0. The van der Waals surface area contributed by atoms with Crippen LogP contribution < -0.4 is 0 Å². The zero-order valence-corrected chi connectivity index (χ0v) is 26.9. The molecular formula is C46H29N5. The number of rotatable bonds is 4. The Morgan fingerprint density at radius 2 is 0.843 bits per heavy atom. The van der Waals surface area contributed by atoms with E-state index in [1.165, 1.54) is 0 Å². The average molecular weight is 660 g/mol. The SMILES string of the molecule is [2H]c1c([2H])c([2H])c(-n2c3ccccc3c3ccccc32)c(-c2cc(-n3c4ccccc4c4ccccc43)nc(-n3c4ccccc4c4c([2H])c([2H])c([2H])c([2H])c43)n2)c1[2H]. The Bertz CT molecular complexity index is 3520. The third-order valence-corrected chi connectivity index (χ3v) is 9.74. The Labute approximate surface area is 304 Å². The number of benzene rings is 7. The van der Waals surface area contributed by atoms with Crippen molar-refractivity contribution in [3.05, 3.63) is 176 Å². The van der Waals surface area contributed by atoms with E-state index >= 15 is 0 Å². The molecule has 0 unspecified atom stereocenters. The Hall–Kier alpha value is -6.98. The van der Waals surface area contributed by atoms with Gasteiger partial charge in [0.25, 0.3) is 0 Å². The van der Waals surface area contributed by atoms with Crippen LogP contribution >= 0.6 is 0 Å². The van der Waals surface area contributed by atoms with Gasteiger partial charge in [0, 0.05) is 43.9 Å². The highest BCUT2D eigenvalue weighted by molar-refractivity contribution is 6.11. The Balaban J connectivity index is 1.35. The lowest BCUT2D eigenvalue weighted by Crippen LogP contribution is -2.08. The monoisotopic (exact) mass is 659 g/mol. The van der Waals surface area contributed by atoms with E-state index in [0.717, 1.165) is 43.6 Å². The standard InChI is InChI=1S/C46H29N5/c1-8-22-38-30(15-1)31-16-2-9-23-39(31)49(38)44-28-14-7-21-36(44)37-29-45(50-40-24-10-3-17-32(40)33-18-4-11-25-41(33)50)48-46(47-37)51-42-26-12-5-19-34(42)35-20-6-13-27-43(35)51/h1-29H/i5D,7D,12D,14D,19D,21D,26D,28D. The van der Waals surface area contributed by atoms with Crippen LogP contribution in [0.4, 0.5) is 0 Å². The maximum Gasteiger partial charge on any atom is 0.237 e. The van der Waals surface area contributed by atoms with E-state index in [4.69, 9.17) is 16.8 Å². The van der Waals surface area contributed by atoms with Gasteiger partial charge in [-0.25, -0.2) is 4.98 Å². The third kappa shape index (κ3) is 4.03. The van der Waals surface area contributed by atoms with Gasteiger partial charge < -0.3 is 4.57 Å². The van der Waals surface area contributed by atoms with Crippen molar-refractivity contribution >= 4 is 65.4 Å². The molecule has 238 valence electrons. The summed E-state index contributed by atoms with van der Waals surface area (Å²) in [5.74, 6) is 0.436. The number of hydrogen-bond acceptors (Lipinski definition) is 2. The summed E-state index contributed by atoms with van der Waals surface area (Å²) in [4.78, 5) is 10.4. The second-order valence-corrected chi connectivity index (χ2v) is 12.5. The van der Waals surface area contributed by atoms with Gasteiger partial charge in [-0.15, -0.1) is 0 Å². The van der Waals surface area contributed by atoms with Gasteiger partial charge in [-0.2, -0.15) is 4.98 Å². The highest BCUT2D eigenvalue weighted by atomic mass is 15.2. The molecule has 0 fully saturated rings. The van der Waals surface area contributed by atoms with Gasteiger partial charge in [0.15, 0.2) is 0 Å². The van der Waals surface area contributed by atoms with Gasteiger partial charge in [-0.05, 0) is 42.4 Å². The molecule has 0 spiro atoms. The minimum atomic E-state index is -0.431. The summed E-state index contributed by atoms with van der Waals surface area (Å²) in [6.07, 6.45) is 0. The number of nitrogens with zero attached hydrogens (tertiary/aromatic N) is 5. The van der Waals surface area contributed by atoms with E-state index < -0.39 is 18.1 Å². The minimum absolute atomic E-state index is 0.0520. The van der Waals surface area contributed by atoms with Crippen LogP contribution in [0.5, 0.6) is 0 Å². The molecule has 0 amide bonds. The van der Waals surface area contributed by atoms with Crippen molar-refractivity contribution in [1.29, 1.82) is 0 Å². The van der Waals surface area contributed by atoms with Crippen molar-refractivity contribution in [3.8, 4) is 28.7 Å². The molecule has 0 atom stereocenters. The normalized spacial score (nSPS) is 14.1. The summed E-state index contributed by atoms with van der Waals surface area (Å²) in [6, 6.07) is 37.8. The molecule has 0 aliphatic heterocycles. The summed E-state index contributed by atoms with van der Waals surface area (Å²) in [5, 5.41) is 4.67. The fraction of sp³-hybridized carbons (Fsp3) is 0. The van der Waals surface area contributed by atoms with E-state index in [1.54, 1.807) is 16.7 Å². The Kier molecular flexibility index (Phi) is 4.47. The van der Waals surface area contributed by atoms with Crippen molar-refractivity contribution in [3.63, 3.8) is 0 Å². The fourth-order valence-electron chi connectivity index (χ4n) is 7.63. The van der Waals surface area contributed by atoms with E-state index in [9.17, 15) is 4.11 Å². The lowest BCUT2D eigenvalue weighted by molar-refractivity contribution is 0.951. The van der Waals surface area contributed by atoms with Crippen LogP contribution in [0.3, 0.4) is 0 Å². The predicted molar refractivity (Wildman–Crippen MR) is 210 cm³/mol. The number of aromatic nitrogens is 5. The van der Waals surface area contributed by atoms with Gasteiger partial charge in [0.2, 0.25) is 5.95 Å². The van der Waals surface area contributed by atoms with Crippen LogP contribution in [0, 0.1) is 0 Å². The van der Waals surface area contributed by atoms with Crippen LogP contribution in [0.25, 0.3) is 94.1 Å². The fourth-order valence-corrected chi connectivity index (χ4v) is 7.63. The molecule has 0 saturated heterocycles. The van der Waals surface area contributed by atoms with E-state index in [0.29, 0.717) is 22.1 Å². The molecule has 0 radical (unpaired) electrons. The van der Waals surface area contributed by atoms with Crippen LogP contribution in [0.1, 0.15) is 11.0 Å². The minimum Gasteiger partial charge on any atom is -0.309 e. The molecule has 0 aliphatic rings. The number of fused-ring (bicyclic) bond motifs is 9. The van der Waals surface area contributed by atoms with Crippen molar-refractivity contribution in [2.24, 2.45) is 0 Å². The maximum absolute atomic E-state index is 9.58. The average Bonchev–Trinajstić information content (AvgIpc) is 3.91. The van der Waals surface area contributed by atoms with Gasteiger partial charge in [-0.1, -0.05) is 127 Å². The smallest absolute Gasteiger partial charge is 0.237 e. The first-order chi connectivity index (χ1) is 28.7. The van der Waals surface area contributed by atoms with Crippen LogP contribution in [-0.4, -0.2) is 23.7 Å². The molecule has 5 nitrogen and oxygen atoms in total. The van der Waals surface area contributed by atoms with Gasteiger partial charge in [-0.3, -0.25) is 9.13 Å². The van der Waals surface area contributed by atoms with Crippen molar-refractivity contribution in [2.45, 2.75) is 0 Å². The first kappa shape index (κ1) is 21.2. The van der Waals surface area contributed by atoms with Gasteiger partial charge >= 0.3 is 0 Å². The molecule has 11 aromatic rings. The lowest BCUT2D eigenvalue weighted by Gasteiger charge is -2.16. The topological polar surface area (TPSA) is 40.6 Å². The highest BCUT2D eigenvalue weighted by Gasteiger charge is 2.21. The lowest BCUT2D eigenvalue weighted by atomic mass is 10.1. The van der Waals surface area contributed by atoms with Crippen LogP contribution in [0.15, 0.2) is 176 Å². The zero-order valence-electron chi connectivity index (χ0n) is 34.9. The molecule has 4 heterocycles. The molecule has 0 N–H and O–H groups in total. The van der Waals surface area contributed by atoms with Gasteiger partial charge in [0.1, 0.15) is 5.82 Å². The summed E-state index contributed by atoms with van der Waals surface area (Å²) in [7, 11) is 0. The molecule has 0 saturated carbocycles. The third-order valence-electron chi connectivity index (χ3n) is 9.74. The quantitative estimate of drug-likeness (QED) is 0.189. The number of hydrogen-bond donors (Lipinski definition) is 0. The predicted octanol–water partition coefficient (Wildman–Crippen LogP) is 11.4. The number of para-hydroxylation sites is 7. The van der Waals surface area contributed by atoms with E-state index in [-0.39, 0.29) is 58.6 Å². The Morgan fingerprint density at radius 1 is 0.392 bits per heavy atom. The van der Waals surface area contributed by atoms with Crippen molar-refractivity contribution < 1.29 is 11.0 Å². The maximum atomic E-state index is 9.58. The second-order valence-electron chi connectivity index (χ2n) is 12.5. The van der Waals surface area contributed by atoms with Crippen molar-refractivity contribution in [1.82, 2.24) is 23.7 Å². The first-order valence-electron chi connectivity index (χ1n) is 20.6. The summed E-state index contributed by atoms with van der Waals surface area (Å²) in [5.41, 5.74) is 4.41. The van der Waals surface area contributed by atoms with Gasteiger partial charge in [0.05, 0.1) is 55.4 Å². The van der Waals surface area contributed by atoms with Crippen LogP contribution in [-0.2, 0) is 0 Å². The molecule has 5 heteroatoms. The molecule has 0 aliphatic carbocycles. The molecule has 7 aromatic carbocycles. The summed E-state index contributed by atoms with van der Waals surface area (Å²) < 4.78 is 78.0. The second kappa shape index (κ2) is 10.8. The van der Waals surface area contributed by atoms with Crippen molar-refractivity contribution in [2.75, 3.05) is 0 Å². The largest absolute Gasteiger partial charge is 0.309 e. The van der Waals surface area contributed by atoms with E-state index in [2.05, 4.69) is 0 Å².